The van der Waals surface area contributed by atoms with Crippen LogP contribution in [-0.4, -0.2) is 25.5 Å². The van der Waals surface area contributed by atoms with Crippen molar-refractivity contribution in [1.29, 1.82) is 5.26 Å². The molecule has 0 aliphatic rings. The number of methoxy groups -OCH3 is 1. The second kappa shape index (κ2) is 11.6. The van der Waals surface area contributed by atoms with Crippen molar-refractivity contribution in [3.63, 3.8) is 0 Å². The smallest absolute Gasteiger partial charge is 0.262 e. The molecule has 0 saturated heterocycles. The summed E-state index contributed by atoms with van der Waals surface area (Å²) < 4.78 is 16.2. The van der Waals surface area contributed by atoms with E-state index in [0.717, 1.165) is 22.4 Å². The average molecular weight is 474 g/mol. The number of furan rings is 1. The maximum absolute atomic E-state index is 12.5. The van der Waals surface area contributed by atoms with Crippen LogP contribution in [0.3, 0.4) is 0 Å². The van der Waals surface area contributed by atoms with E-state index in [2.05, 4.69) is 10.6 Å². The molecule has 1 aromatic heterocycles. The van der Waals surface area contributed by atoms with Crippen LogP contribution >= 0.6 is 0 Å². The summed E-state index contributed by atoms with van der Waals surface area (Å²) in [5.41, 5.74) is 4.34. The molecule has 1 heterocycles. The Balaban J connectivity index is 1.65. The van der Waals surface area contributed by atoms with Crippen molar-refractivity contribution in [2.24, 2.45) is 0 Å². The number of nitrogens with zero attached hydrogens (tertiary/aromatic N) is 1. The fourth-order valence-corrected chi connectivity index (χ4v) is 3.58. The zero-order valence-corrected chi connectivity index (χ0v) is 20.1. The molecular weight excluding hydrogens is 446 g/mol. The molecule has 2 N–H and O–H groups in total. The Morgan fingerprint density at radius 2 is 1.83 bits per heavy atom. The van der Waals surface area contributed by atoms with Crippen molar-refractivity contribution < 1.29 is 23.5 Å². The Morgan fingerprint density at radius 3 is 2.46 bits per heavy atom. The molecule has 8 heteroatoms. The topological polar surface area (TPSA) is 114 Å². The maximum Gasteiger partial charge on any atom is 0.262 e. The fourth-order valence-electron chi connectivity index (χ4n) is 3.58. The summed E-state index contributed by atoms with van der Waals surface area (Å²) in [7, 11) is 1.47. The van der Waals surface area contributed by atoms with Crippen molar-refractivity contribution in [3.8, 4) is 17.6 Å². The van der Waals surface area contributed by atoms with Crippen LogP contribution in [0, 0.1) is 32.1 Å². The van der Waals surface area contributed by atoms with Gasteiger partial charge >= 0.3 is 0 Å². The number of benzene rings is 2. The van der Waals surface area contributed by atoms with Gasteiger partial charge in [-0.3, -0.25) is 9.59 Å². The highest BCUT2D eigenvalue weighted by Gasteiger charge is 2.13. The van der Waals surface area contributed by atoms with Gasteiger partial charge in [0.2, 0.25) is 0 Å². The van der Waals surface area contributed by atoms with Crippen LogP contribution in [0.2, 0.25) is 0 Å². The molecule has 0 spiro atoms. The van der Waals surface area contributed by atoms with E-state index >= 15 is 0 Å². The molecule has 8 nitrogen and oxygen atoms in total. The van der Waals surface area contributed by atoms with Gasteiger partial charge in [-0.1, -0.05) is 23.8 Å². The minimum atomic E-state index is -0.526. The molecule has 0 bridgehead atoms. The molecule has 3 aromatic rings. The number of nitrogens with one attached hydrogen (secondary N) is 2. The SMILES string of the molecule is COc1cc(C=C(C#N)C(=O)NCc2ccco2)ccc1OCC(=O)Nc1c(C)cc(C)cc1C. The number of hydrogen-bond acceptors (Lipinski definition) is 6. The molecule has 0 saturated carbocycles. The summed E-state index contributed by atoms with van der Waals surface area (Å²) in [6.45, 7) is 5.85. The van der Waals surface area contributed by atoms with Crippen LogP contribution in [0.5, 0.6) is 11.5 Å². The number of ether oxygens (including phenoxy) is 2. The van der Waals surface area contributed by atoms with E-state index in [0.29, 0.717) is 22.8 Å². The minimum absolute atomic E-state index is 0.0736. The van der Waals surface area contributed by atoms with Crippen molar-refractivity contribution in [1.82, 2.24) is 5.32 Å². The van der Waals surface area contributed by atoms with Gasteiger partial charge in [0.15, 0.2) is 18.1 Å². The first-order chi connectivity index (χ1) is 16.8. The first-order valence-electron chi connectivity index (χ1n) is 10.9. The van der Waals surface area contributed by atoms with E-state index in [9.17, 15) is 14.9 Å². The summed E-state index contributed by atoms with van der Waals surface area (Å²) in [5, 5.41) is 14.9. The van der Waals surface area contributed by atoms with Crippen LogP contribution in [0.15, 0.2) is 58.7 Å². The fraction of sp³-hybridized carbons (Fsp3) is 0.222. The van der Waals surface area contributed by atoms with Crippen LogP contribution in [0.1, 0.15) is 28.0 Å². The normalized spacial score (nSPS) is 10.9. The van der Waals surface area contributed by atoms with E-state index in [1.54, 1.807) is 30.3 Å². The highest BCUT2D eigenvalue weighted by Crippen LogP contribution is 2.29. The Morgan fingerprint density at radius 1 is 1.09 bits per heavy atom. The minimum Gasteiger partial charge on any atom is -0.493 e. The number of amides is 2. The van der Waals surface area contributed by atoms with Crippen molar-refractivity contribution in [3.05, 3.63) is 82.3 Å². The third-order valence-corrected chi connectivity index (χ3v) is 5.17. The lowest BCUT2D eigenvalue weighted by Crippen LogP contribution is -2.23. The predicted molar refractivity (Wildman–Crippen MR) is 132 cm³/mol. The zero-order valence-electron chi connectivity index (χ0n) is 20.1. The number of rotatable bonds is 9. The standard InChI is InChI=1S/C27H27N3O5/c1-17-10-18(2)26(19(3)11-17)30-25(31)16-35-23-8-7-20(13-24(23)33-4)12-21(14-28)27(32)29-15-22-6-5-9-34-22/h5-13H,15-16H2,1-4H3,(H,29,32)(H,30,31). The first-order valence-corrected chi connectivity index (χ1v) is 10.9. The molecule has 0 radical (unpaired) electrons. The molecule has 2 aromatic carbocycles. The van der Waals surface area contributed by atoms with Gasteiger partial charge in [0.25, 0.3) is 11.8 Å². The quantitative estimate of drug-likeness (QED) is 0.351. The molecule has 0 unspecified atom stereocenters. The molecule has 2 amide bonds. The van der Waals surface area contributed by atoms with Gasteiger partial charge in [-0.05, 0) is 67.8 Å². The van der Waals surface area contributed by atoms with Crippen LogP contribution in [0.25, 0.3) is 6.08 Å². The Labute approximate surface area is 204 Å². The first kappa shape index (κ1) is 25.1. The Kier molecular flexibility index (Phi) is 8.30. The van der Waals surface area contributed by atoms with Gasteiger partial charge in [-0.25, -0.2) is 0 Å². The van der Waals surface area contributed by atoms with Crippen LogP contribution < -0.4 is 20.1 Å². The molecular formula is C27H27N3O5. The number of aryl methyl sites for hydroxylation is 3. The van der Waals surface area contributed by atoms with Crippen molar-refractivity contribution in [2.75, 3.05) is 19.0 Å². The van der Waals surface area contributed by atoms with Gasteiger partial charge in [-0.2, -0.15) is 5.26 Å². The zero-order chi connectivity index (χ0) is 25.4. The number of anilines is 1. The summed E-state index contributed by atoms with van der Waals surface area (Å²) in [4.78, 5) is 24.8. The van der Waals surface area contributed by atoms with Gasteiger partial charge in [0, 0.05) is 5.69 Å². The van der Waals surface area contributed by atoms with Crippen LogP contribution in [-0.2, 0) is 16.1 Å². The van der Waals surface area contributed by atoms with E-state index in [4.69, 9.17) is 13.9 Å². The second-order valence-electron chi connectivity index (χ2n) is 7.95. The lowest BCUT2D eigenvalue weighted by molar-refractivity contribution is -0.118. The highest BCUT2D eigenvalue weighted by atomic mass is 16.5. The molecule has 0 fully saturated rings. The largest absolute Gasteiger partial charge is 0.493 e. The predicted octanol–water partition coefficient (Wildman–Crippen LogP) is 4.45. The van der Waals surface area contributed by atoms with Crippen LogP contribution in [0.4, 0.5) is 5.69 Å². The molecule has 0 aliphatic carbocycles. The average Bonchev–Trinajstić information content (AvgIpc) is 3.36. The van der Waals surface area contributed by atoms with E-state index < -0.39 is 5.91 Å². The second-order valence-corrected chi connectivity index (χ2v) is 7.95. The maximum atomic E-state index is 12.5. The van der Waals surface area contributed by atoms with Crippen molar-refractivity contribution >= 4 is 23.6 Å². The van der Waals surface area contributed by atoms with E-state index in [1.165, 1.54) is 19.4 Å². The number of hydrogen-bond donors (Lipinski definition) is 2. The lowest BCUT2D eigenvalue weighted by atomic mass is 10.1. The summed E-state index contributed by atoms with van der Waals surface area (Å²) in [5.74, 6) is 0.476. The summed E-state index contributed by atoms with van der Waals surface area (Å²) >= 11 is 0. The Bertz CT molecular complexity index is 1260. The molecule has 0 atom stereocenters. The summed E-state index contributed by atoms with van der Waals surface area (Å²) in [6, 6.07) is 14.3. The molecule has 0 aliphatic heterocycles. The van der Waals surface area contributed by atoms with E-state index in [-0.39, 0.29) is 24.6 Å². The molecule has 35 heavy (non-hydrogen) atoms. The third kappa shape index (κ3) is 6.74. The van der Waals surface area contributed by atoms with E-state index in [1.807, 2.05) is 39.0 Å². The van der Waals surface area contributed by atoms with Crippen molar-refractivity contribution in [2.45, 2.75) is 27.3 Å². The Hall–Kier alpha value is -4.51. The highest BCUT2D eigenvalue weighted by molar-refractivity contribution is 6.01. The number of carbonyl (C=O) groups excluding carboxylic acids is 2. The number of carbonyl (C=O) groups is 2. The van der Waals surface area contributed by atoms with Gasteiger partial charge in [-0.15, -0.1) is 0 Å². The molecule has 180 valence electrons. The van der Waals surface area contributed by atoms with Gasteiger partial charge in [0.1, 0.15) is 17.4 Å². The number of nitriles is 1. The lowest BCUT2D eigenvalue weighted by Gasteiger charge is -2.14. The summed E-state index contributed by atoms with van der Waals surface area (Å²) in [6.07, 6.45) is 2.95. The van der Waals surface area contributed by atoms with Gasteiger partial charge < -0.3 is 24.5 Å². The molecule has 3 rings (SSSR count). The monoisotopic (exact) mass is 473 g/mol. The van der Waals surface area contributed by atoms with Gasteiger partial charge in [0.05, 0.1) is 19.9 Å². The third-order valence-electron chi connectivity index (χ3n) is 5.17.